The highest BCUT2D eigenvalue weighted by atomic mass is 15.2. The van der Waals surface area contributed by atoms with Crippen LogP contribution >= 0.6 is 0 Å². The molecule has 1 N–H and O–H groups in total. The van der Waals surface area contributed by atoms with Crippen LogP contribution in [0, 0.1) is 0 Å². The molecule has 0 saturated carbocycles. The summed E-state index contributed by atoms with van der Waals surface area (Å²) >= 11 is 0. The molecule has 1 aliphatic heterocycles. The maximum Gasteiger partial charge on any atom is 0.159 e. The maximum absolute atomic E-state index is 5.28. The largest absolute Gasteiger partial charge is 0.344 e. The van der Waals surface area contributed by atoms with Crippen LogP contribution in [0.25, 0.3) is 66.1 Å². The van der Waals surface area contributed by atoms with Gasteiger partial charge in [-0.25, -0.2) is 24.9 Å². The third-order valence-corrected chi connectivity index (χ3v) is 9.69. The molecule has 4 heterocycles. The van der Waals surface area contributed by atoms with Gasteiger partial charge < -0.3 is 5.32 Å². The summed E-state index contributed by atoms with van der Waals surface area (Å²) in [6.07, 6.45) is -0.255. The molecule has 0 aliphatic carbocycles. The first-order chi connectivity index (χ1) is 25.7. The van der Waals surface area contributed by atoms with Gasteiger partial charge in [-0.3, -0.25) is 0 Å². The van der Waals surface area contributed by atoms with Crippen molar-refractivity contribution in [3.8, 4) is 22.5 Å². The minimum Gasteiger partial charge on any atom is -0.344 e. The Bertz CT molecular complexity index is 2850. The van der Waals surface area contributed by atoms with E-state index < -0.39 is 0 Å². The Kier molecular flexibility index (Phi) is 7.10. The minimum absolute atomic E-state index is 0.255. The van der Waals surface area contributed by atoms with E-state index in [2.05, 4.69) is 121 Å². The van der Waals surface area contributed by atoms with Crippen molar-refractivity contribution in [2.75, 3.05) is 0 Å². The highest BCUT2D eigenvalue weighted by Gasteiger charge is 2.21. The molecule has 0 fully saturated rings. The molecular formula is C46H30N6. The lowest BCUT2D eigenvalue weighted by molar-refractivity contribution is 0.674. The summed E-state index contributed by atoms with van der Waals surface area (Å²) in [7, 11) is 0. The Morgan fingerprint density at radius 3 is 1.83 bits per heavy atom. The van der Waals surface area contributed by atoms with E-state index in [1.807, 2.05) is 54.6 Å². The van der Waals surface area contributed by atoms with Crippen LogP contribution in [-0.4, -0.2) is 26.6 Å². The first-order valence-corrected chi connectivity index (χ1v) is 17.4. The average Bonchev–Trinajstić information content (AvgIpc) is 3.23. The van der Waals surface area contributed by atoms with Gasteiger partial charge in [0, 0.05) is 43.8 Å². The maximum atomic E-state index is 5.28. The van der Waals surface area contributed by atoms with Crippen molar-refractivity contribution >= 4 is 55.3 Å². The van der Waals surface area contributed by atoms with Crippen LogP contribution in [0.2, 0.25) is 0 Å². The van der Waals surface area contributed by atoms with Gasteiger partial charge in [0.05, 0.1) is 33.5 Å². The van der Waals surface area contributed by atoms with Gasteiger partial charge in [0.1, 0.15) is 12.0 Å². The van der Waals surface area contributed by atoms with Gasteiger partial charge >= 0.3 is 0 Å². The molecule has 9 aromatic rings. The van der Waals surface area contributed by atoms with Crippen molar-refractivity contribution in [1.82, 2.24) is 20.3 Å². The monoisotopic (exact) mass is 666 g/mol. The van der Waals surface area contributed by atoms with Crippen LogP contribution in [0.5, 0.6) is 0 Å². The molecule has 6 aromatic carbocycles. The highest BCUT2D eigenvalue weighted by molar-refractivity contribution is 6.15. The zero-order valence-electron chi connectivity index (χ0n) is 28.0. The number of pyridine rings is 3. The lowest BCUT2D eigenvalue weighted by Gasteiger charge is -2.23. The molecule has 6 nitrogen and oxygen atoms in total. The Morgan fingerprint density at radius 1 is 0.442 bits per heavy atom. The van der Waals surface area contributed by atoms with Crippen molar-refractivity contribution < 1.29 is 0 Å². The molecule has 3 aromatic heterocycles. The third kappa shape index (κ3) is 5.25. The Balaban J connectivity index is 1.08. The normalized spacial score (nSPS) is 14.3. The van der Waals surface area contributed by atoms with E-state index in [9.17, 15) is 0 Å². The number of nitrogens with one attached hydrogen (secondary N) is 1. The summed E-state index contributed by atoms with van der Waals surface area (Å²) in [6, 6.07) is 58.1. The van der Waals surface area contributed by atoms with E-state index >= 15 is 0 Å². The average molecular weight is 667 g/mol. The second-order valence-electron chi connectivity index (χ2n) is 12.9. The molecule has 0 saturated heterocycles. The van der Waals surface area contributed by atoms with E-state index in [4.69, 9.17) is 24.9 Å². The van der Waals surface area contributed by atoms with Gasteiger partial charge in [-0.05, 0) is 17.7 Å². The van der Waals surface area contributed by atoms with Crippen molar-refractivity contribution in [3.05, 3.63) is 187 Å². The van der Waals surface area contributed by atoms with Crippen molar-refractivity contribution in [2.45, 2.75) is 6.17 Å². The predicted octanol–water partition coefficient (Wildman–Crippen LogP) is 10.3. The number of benzene rings is 6. The summed E-state index contributed by atoms with van der Waals surface area (Å²) in [6.45, 7) is 0. The summed E-state index contributed by atoms with van der Waals surface area (Å²) < 4.78 is 0. The van der Waals surface area contributed by atoms with Crippen LogP contribution < -0.4 is 5.32 Å². The Labute approximate surface area is 299 Å². The molecule has 0 amide bonds. The summed E-state index contributed by atoms with van der Waals surface area (Å²) in [5.74, 6) is 1.48. The zero-order valence-corrected chi connectivity index (χ0v) is 28.0. The van der Waals surface area contributed by atoms with Gasteiger partial charge in [-0.2, -0.15) is 0 Å². The lowest BCUT2D eigenvalue weighted by Crippen LogP contribution is -2.33. The molecule has 0 spiro atoms. The number of aliphatic imine (C=N–C) groups is 2. The molecule has 1 atom stereocenters. The lowest BCUT2D eigenvalue weighted by atomic mass is 10.00. The van der Waals surface area contributed by atoms with E-state index in [1.165, 1.54) is 0 Å². The summed E-state index contributed by atoms with van der Waals surface area (Å²) in [5.41, 5.74) is 10.4. The molecular weight excluding hydrogens is 637 g/mol. The number of fused-ring (bicyclic) bond motifs is 6. The first kappa shape index (κ1) is 29.8. The number of nitrogens with zero attached hydrogens (tertiary/aromatic N) is 5. The minimum atomic E-state index is -0.255. The Hall–Kier alpha value is -7.05. The fourth-order valence-corrected chi connectivity index (χ4v) is 7.06. The van der Waals surface area contributed by atoms with Crippen molar-refractivity contribution in [2.24, 2.45) is 9.98 Å². The van der Waals surface area contributed by atoms with Gasteiger partial charge in [0.15, 0.2) is 5.84 Å². The number of amidine groups is 2. The third-order valence-electron chi connectivity index (χ3n) is 9.69. The van der Waals surface area contributed by atoms with Crippen LogP contribution in [0.3, 0.4) is 0 Å². The zero-order chi connectivity index (χ0) is 34.4. The number of hydrogen-bond acceptors (Lipinski definition) is 6. The number of aromatic nitrogens is 3. The van der Waals surface area contributed by atoms with E-state index in [0.29, 0.717) is 5.84 Å². The van der Waals surface area contributed by atoms with Gasteiger partial charge in [0.2, 0.25) is 0 Å². The first-order valence-electron chi connectivity index (χ1n) is 17.4. The molecule has 0 bridgehead atoms. The van der Waals surface area contributed by atoms with E-state index in [0.717, 1.165) is 88.7 Å². The van der Waals surface area contributed by atoms with Crippen LogP contribution in [0.15, 0.2) is 180 Å². The number of hydrogen-bond donors (Lipinski definition) is 1. The molecule has 6 heteroatoms. The summed E-state index contributed by atoms with van der Waals surface area (Å²) in [5, 5.41) is 7.69. The predicted molar refractivity (Wildman–Crippen MR) is 213 cm³/mol. The van der Waals surface area contributed by atoms with E-state index in [-0.39, 0.29) is 6.17 Å². The van der Waals surface area contributed by atoms with E-state index in [1.54, 1.807) is 0 Å². The van der Waals surface area contributed by atoms with Gasteiger partial charge in [-0.1, -0.05) is 158 Å². The number of rotatable bonds is 5. The molecule has 1 unspecified atom stereocenters. The standard InChI is InChI=1S/C46H30N6/c1-4-12-29(13-5-1)38-27-26-31-22-25-35-28-39-43(49-42(35)41(31)47-38)37-19-11-10-18-36(37)40(48-39)30-20-23-34(24-21-30)46-51-44(32-14-6-2-7-15-32)50-45(52-46)33-16-8-3-9-17-33/h1-28,44H,(H,50,51,52). The van der Waals surface area contributed by atoms with Crippen molar-refractivity contribution in [3.63, 3.8) is 0 Å². The Morgan fingerprint density at radius 2 is 1.06 bits per heavy atom. The molecule has 0 radical (unpaired) electrons. The molecule has 52 heavy (non-hydrogen) atoms. The SMILES string of the molecule is c1ccc(C2=NC(c3ccc(-c4nc5cc6ccc7ccc(-c8ccccc8)nc7c6nc5c5ccccc45)cc3)=NC(c3ccccc3)N2)cc1. The van der Waals surface area contributed by atoms with Crippen LogP contribution in [-0.2, 0) is 0 Å². The topological polar surface area (TPSA) is 75.4 Å². The molecule has 244 valence electrons. The van der Waals surface area contributed by atoms with Crippen LogP contribution in [0.1, 0.15) is 22.9 Å². The summed E-state index contributed by atoms with van der Waals surface area (Å²) in [4.78, 5) is 25.7. The second kappa shape index (κ2) is 12.4. The van der Waals surface area contributed by atoms with Crippen LogP contribution in [0.4, 0.5) is 0 Å². The highest BCUT2D eigenvalue weighted by Crippen LogP contribution is 2.35. The smallest absolute Gasteiger partial charge is 0.159 e. The molecule has 10 rings (SSSR count). The van der Waals surface area contributed by atoms with Gasteiger partial charge in [-0.15, -0.1) is 0 Å². The second-order valence-corrected chi connectivity index (χ2v) is 12.9. The fourth-order valence-electron chi connectivity index (χ4n) is 7.06. The fraction of sp³-hybridized carbons (Fsp3) is 0.0217. The van der Waals surface area contributed by atoms with Crippen molar-refractivity contribution in [1.29, 1.82) is 0 Å². The van der Waals surface area contributed by atoms with Gasteiger partial charge in [0.25, 0.3) is 0 Å². The molecule has 1 aliphatic rings. The quantitative estimate of drug-likeness (QED) is 0.147.